The molecule has 0 spiro atoms. The van der Waals surface area contributed by atoms with Crippen molar-refractivity contribution in [2.75, 3.05) is 5.32 Å². The van der Waals surface area contributed by atoms with Gasteiger partial charge in [-0.25, -0.2) is 8.78 Å². The largest absolute Gasteiger partial charge is 0.371 e. The Morgan fingerprint density at radius 3 is 2.67 bits per heavy atom. The highest BCUT2D eigenvalue weighted by molar-refractivity contribution is 9.10. The number of benzene rings is 1. The maximum absolute atomic E-state index is 13.5. The summed E-state index contributed by atoms with van der Waals surface area (Å²) < 4.78 is 26.9. The predicted molar refractivity (Wildman–Crippen MR) is 68.3 cm³/mol. The van der Waals surface area contributed by atoms with Crippen LogP contribution in [0.2, 0.25) is 0 Å². The summed E-state index contributed by atoms with van der Waals surface area (Å²) in [4.78, 5) is 11.7. The van der Waals surface area contributed by atoms with Crippen LogP contribution < -0.4 is 10.6 Å². The lowest BCUT2D eigenvalue weighted by Crippen LogP contribution is -2.38. The van der Waals surface area contributed by atoms with Crippen LogP contribution >= 0.6 is 15.9 Å². The van der Waals surface area contributed by atoms with Crippen LogP contribution in [0.4, 0.5) is 14.5 Å². The van der Waals surface area contributed by atoms with E-state index in [1.54, 1.807) is 6.92 Å². The highest BCUT2D eigenvalue weighted by Crippen LogP contribution is 2.24. The summed E-state index contributed by atoms with van der Waals surface area (Å²) in [6.45, 7) is 1.61. The van der Waals surface area contributed by atoms with Crippen LogP contribution in [0, 0.1) is 11.6 Å². The van der Waals surface area contributed by atoms with Crippen molar-refractivity contribution in [1.82, 2.24) is 5.32 Å². The van der Waals surface area contributed by atoms with Crippen LogP contribution in [0.25, 0.3) is 0 Å². The van der Waals surface area contributed by atoms with Gasteiger partial charge in [-0.15, -0.1) is 0 Å². The van der Waals surface area contributed by atoms with E-state index < -0.39 is 17.7 Å². The van der Waals surface area contributed by atoms with Gasteiger partial charge in [0.1, 0.15) is 17.7 Å². The van der Waals surface area contributed by atoms with Crippen molar-refractivity contribution in [1.29, 1.82) is 0 Å². The Labute approximate surface area is 112 Å². The molecular weight excluding hydrogens is 306 g/mol. The molecule has 1 saturated carbocycles. The van der Waals surface area contributed by atoms with Gasteiger partial charge in [0, 0.05) is 12.1 Å². The number of nitrogens with one attached hydrogen (secondary N) is 2. The summed E-state index contributed by atoms with van der Waals surface area (Å²) in [5.41, 5.74) is -0.0193. The summed E-state index contributed by atoms with van der Waals surface area (Å²) in [5, 5.41) is 5.46. The molecule has 1 fully saturated rings. The zero-order valence-corrected chi connectivity index (χ0v) is 11.4. The molecule has 1 aromatic carbocycles. The monoisotopic (exact) mass is 318 g/mol. The minimum Gasteiger partial charge on any atom is -0.371 e. The zero-order valence-electron chi connectivity index (χ0n) is 9.77. The average molecular weight is 319 g/mol. The van der Waals surface area contributed by atoms with Crippen LogP contribution in [0.1, 0.15) is 19.8 Å². The number of carbonyl (C=O) groups excluding carboxylic acids is 1. The molecule has 1 aromatic rings. The molecule has 0 heterocycles. The lowest BCUT2D eigenvalue weighted by molar-refractivity contribution is -0.121. The number of anilines is 1. The van der Waals surface area contributed by atoms with E-state index in [4.69, 9.17) is 0 Å². The van der Waals surface area contributed by atoms with Gasteiger partial charge in [0.15, 0.2) is 0 Å². The van der Waals surface area contributed by atoms with E-state index in [1.165, 1.54) is 0 Å². The SMILES string of the molecule is CC(Nc1cc(F)c(Br)cc1F)C(=O)NC1CC1. The Morgan fingerprint density at radius 1 is 1.39 bits per heavy atom. The molecule has 0 radical (unpaired) electrons. The first-order chi connectivity index (χ1) is 8.47. The summed E-state index contributed by atoms with van der Waals surface area (Å²) in [6, 6.07) is 1.69. The standard InChI is InChI=1S/C12H13BrF2N2O/c1-6(12(18)17-7-2-3-7)16-11-5-9(14)8(13)4-10(11)15/h4-7,16H,2-3H2,1H3,(H,17,18). The predicted octanol–water partition coefficient (Wildman–Crippen LogP) is 2.81. The molecule has 1 amide bonds. The van der Waals surface area contributed by atoms with Crippen molar-refractivity contribution in [3.63, 3.8) is 0 Å². The van der Waals surface area contributed by atoms with Crippen LogP contribution in [0.3, 0.4) is 0 Å². The molecule has 0 bridgehead atoms. The van der Waals surface area contributed by atoms with E-state index in [0.29, 0.717) is 0 Å². The van der Waals surface area contributed by atoms with Crippen molar-refractivity contribution in [2.45, 2.75) is 31.8 Å². The molecule has 1 aliphatic rings. The maximum Gasteiger partial charge on any atom is 0.242 e. The number of hydrogen-bond acceptors (Lipinski definition) is 2. The van der Waals surface area contributed by atoms with Crippen LogP contribution in [-0.2, 0) is 4.79 Å². The highest BCUT2D eigenvalue weighted by Gasteiger charge is 2.25. The highest BCUT2D eigenvalue weighted by atomic mass is 79.9. The molecule has 6 heteroatoms. The Morgan fingerprint density at radius 2 is 2.06 bits per heavy atom. The Kier molecular flexibility index (Phi) is 3.85. The van der Waals surface area contributed by atoms with Gasteiger partial charge < -0.3 is 10.6 Å². The third kappa shape index (κ3) is 3.19. The molecule has 2 rings (SSSR count). The molecule has 1 atom stereocenters. The van der Waals surface area contributed by atoms with E-state index in [9.17, 15) is 13.6 Å². The molecule has 2 N–H and O–H groups in total. The van der Waals surface area contributed by atoms with Crippen molar-refractivity contribution < 1.29 is 13.6 Å². The van der Waals surface area contributed by atoms with E-state index in [-0.39, 0.29) is 22.1 Å². The van der Waals surface area contributed by atoms with Gasteiger partial charge in [0.25, 0.3) is 0 Å². The quantitative estimate of drug-likeness (QED) is 0.838. The number of rotatable bonds is 4. The van der Waals surface area contributed by atoms with Gasteiger partial charge >= 0.3 is 0 Å². The molecule has 98 valence electrons. The molecule has 3 nitrogen and oxygen atoms in total. The fourth-order valence-corrected chi connectivity index (χ4v) is 1.80. The van der Waals surface area contributed by atoms with E-state index >= 15 is 0 Å². The topological polar surface area (TPSA) is 41.1 Å². The van der Waals surface area contributed by atoms with Gasteiger partial charge in [-0.3, -0.25) is 4.79 Å². The average Bonchev–Trinajstić information content (AvgIpc) is 3.09. The minimum atomic E-state index is -0.610. The molecule has 0 aromatic heterocycles. The van der Waals surface area contributed by atoms with E-state index in [0.717, 1.165) is 25.0 Å². The molecule has 18 heavy (non-hydrogen) atoms. The second kappa shape index (κ2) is 5.22. The smallest absolute Gasteiger partial charge is 0.242 e. The Balaban J connectivity index is 2.03. The van der Waals surface area contributed by atoms with E-state index in [2.05, 4.69) is 26.6 Å². The number of carbonyl (C=O) groups is 1. The first-order valence-electron chi connectivity index (χ1n) is 5.69. The molecule has 0 saturated heterocycles. The molecule has 1 aliphatic carbocycles. The second-order valence-electron chi connectivity index (χ2n) is 4.40. The molecule has 0 aliphatic heterocycles. The third-order valence-electron chi connectivity index (χ3n) is 2.70. The van der Waals surface area contributed by atoms with E-state index in [1.807, 2.05) is 0 Å². The van der Waals surface area contributed by atoms with Crippen LogP contribution in [-0.4, -0.2) is 18.0 Å². The normalized spacial score (nSPS) is 16.2. The van der Waals surface area contributed by atoms with Crippen molar-refractivity contribution in [3.05, 3.63) is 28.2 Å². The summed E-state index contributed by atoms with van der Waals surface area (Å²) in [5.74, 6) is -1.39. The zero-order chi connectivity index (χ0) is 13.3. The lowest BCUT2D eigenvalue weighted by Gasteiger charge is -2.15. The second-order valence-corrected chi connectivity index (χ2v) is 5.25. The number of amides is 1. The van der Waals surface area contributed by atoms with Gasteiger partial charge in [0.2, 0.25) is 5.91 Å². The maximum atomic E-state index is 13.5. The fourth-order valence-electron chi connectivity index (χ4n) is 1.49. The lowest BCUT2D eigenvalue weighted by atomic mass is 10.2. The third-order valence-corrected chi connectivity index (χ3v) is 3.31. The molecular formula is C12H13BrF2N2O. The first kappa shape index (κ1) is 13.3. The first-order valence-corrected chi connectivity index (χ1v) is 6.48. The van der Waals surface area contributed by atoms with Gasteiger partial charge in [-0.1, -0.05) is 0 Å². The Hall–Kier alpha value is -1.17. The van der Waals surface area contributed by atoms with Crippen LogP contribution in [0.5, 0.6) is 0 Å². The Bertz CT molecular complexity index is 477. The van der Waals surface area contributed by atoms with Crippen molar-refractivity contribution >= 4 is 27.5 Å². The van der Waals surface area contributed by atoms with Crippen molar-refractivity contribution in [3.8, 4) is 0 Å². The summed E-state index contributed by atoms with van der Waals surface area (Å²) in [6.07, 6.45) is 1.97. The number of halogens is 3. The van der Waals surface area contributed by atoms with Gasteiger partial charge in [-0.05, 0) is 41.8 Å². The minimum absolute atomic E-state index is 0.0193. The number of hydrogen-bond donors (Lipinski definition) is 2. The molecule has 1 unspecified atom stereocenters. The van der Waals surface area contributed by atoms with Gasteiger partial charge in [-0.2, -0.15) is 0 Å². The van der Waals surface area contributed by atoms with Crippen LogP contribution in [0.15, 0.2) is 16.6 Å². The van der Waals surface area contributed by atoms with Gasteiger partial charge in [0.05, 0.1) is 10.2 Å². The van der Waals surface area contributed by atoms with Crippen molar-refractivity contribution in [2.24, 2.45) is 0 Å². The summed E-state index contributed by atoms with van der Waals surface area (Å²) in [7, 11) is 0. The summed E-state index contributed by atoms with van der Waals surface area (Å²) >= 11 is 2.89. The fraction of sp³-hybridized carbons (Fsp3) is 0.417.